The van der Waals surface area contributed by atoms with E-state index >= 15 is 0 Å². The van der Waals surface area contributed by atoms with Crippen LogP contribution in [0.25, 0.3) is 0 Å². The Balaban J connectivity index is 2.32. The van der Waals surface area contributed by atoms with E-state index in [0.29, 0.717) is 17.0 Å². The van der Waals surface area contributed by atoms with Crippen molar-refractivity contribution in [2.24, 2.45) is 0 Å². The lowest BCUT2D eigenvalue weighted by Gasteiger charge is -2.17. The van der Waals surface area contributed by atoms with Gasteiger partial charge < -0.3 is 9.84 Å². The van der Waals surface area contributed by atoms with Gasteiger partial charge in [0.25, 0.3) is 0 Å². The molecule has 0 saturated heterocycles. The molecule has 1 aromatic heterocycles. The van der Waals surface area contributed by atoms with E-state index in [9.17, 15) is 9.50 Å². The predicted molar refractivity (Wildman–Crippen MR) is 70.5 cm³/mol. The molecule has 100 valence electrons. The molecule has 0 bridgehead atoms. The fourth-order valence-electron chi connectivity index (χ4n) is 1.78. The molecule has 0 saturated carbocycles. The predicted octanol–water partition coefficient (Wildman–Crippen LogP) is 3.09. The maximum absolute atomic E-state index is 12.8. The van der Waals surface area contributed by atoms with Crippen molar-refractivity contribution in [2.45, 2.75) is 26.1 Å². The number of hydrogen-bond acceptors (Lipinski definition) is 3. The smallest absolute Gasteiger partial charge is 0.141 e. The molecule has 1 N–H and O–H groups in total. The number of ether oxygens (including phenoxy) is 1. The van der Waals surface area contributed by atoms with Gasteiger partial charge in [-0.2, -0.15) is 0 Å². The fraction of sp³-hybridized carbons (Fsp3) is 0.267. The normalized spacial score (nSPS) is 12.5. The van der Waals surface area contributed by atoms with E-state index < -0.39 is 11.9 Å². The summed E-state index contributed by atoms with van der Waals surface area (Å²) in [6.07, 6.45) is 0.162. The second-order valence-electron chi connectivity index (χ2n) is 4.51. The van der Waals surface area contributed by atoms with Gasteiger partial charge in [-0.15, -0.1) is 0 Å². The van der Waals surface area contributed by atoms with Gasteiger partial charge in [0.1, 0.15) is 17.7 Å². The minimum Gasteiger partial charge on any atom is -0.491 e. The second kappa shape index (κ2) is 5.80. The maximum Gasteiger partial charge on any atom is 0.141 e. The number of benzene rings is 1. The van der Waals surface area contributed by atoms with Crippen molar-refractivity contribution in [3.8, 4) is 5.75 Å². The highest BCUT2D eigenvalue weighted by Crippen LogP contribution is 2.29. The van der Waals surface area contributed by atoms with Crippen LogP contribution in [0.2, 0.25) is 0 Å². The molecule has 2 aromatic rings. The van der Waals surface area contributed by atoms with Gasteiger partial charge in [0.15, 0.2) is 0 Å². The zero-order valence-corrected chi connectivity index (χ0v) is 10.9. The van der Waals surface area contributed by atoms with Crippen LogP contribution in [0.15, 0.2) is 42.6 Å². The van der Waals surface area contributed by atoms with Crippen molar-refractivity contribution in [1.82, 2.24) is 4.98 Å². The molecule has 19 heavy (non-hydrogen) atoms. The quantitative estimate of drug-likeness (QED) is 0.919. The molecule has 1 atom stereocenters. The molecule has 3 nitrogen and oxygen atoms in total. The first-order valence-corrected chi connectivity index (χ1v) is 6.13. The van der Waals surface area contributed by atoms with Gasteiger partial charge in [0, 0.05) is 5.56 Å². The number of hydrogen-bond donors (Lipinski definition) is 1. The zero-order valence-electron chi connectivity index (χ0n) is 10.9. The first kappa shape index (κ1) is 13.5. The Bertz CT molecular complexity index is 540. The van der Waals surface area contributed by atoms with Crippen LogP contribution in [0.1, 0.15) is 31.2 Å². The number of halogens is 1. The lowest BCUT2D eigenvalue weighted by atomic mass is 10.0. The summed E-state index contributed by atoms with van der Waals surface area (Å²) >= 11 is 0. The largest absolute Gasteiger partial charge is 0.491 e. The molecule has 0 aliphatic rings. The Kier molecular flexibility index (Phi) is 4.12. The lowest BCUT2D eigenvalue weighted by molar-refractivity contribution is 0.194. The minimum absolute atomic E-state index is 0.00882. The van der Waals surface area contributed by atoms with Crippen LogP contribution in [0.5, 0.6) is 5.75 Å². The highest BCUT2D eigenvalue weighted by atomic mass is 19.1. The molecule has 0 radical (unpaired) electrons. The Morgan fingerprint density at radius 1 is 1.16 bits per heavy atom. The molecule has 0 spiro atoms. The van der Waals surface area contributed by atoms with Gasteiger partial charge >= 0.3 is 0 Å². The van der Waals surface area contributed by atoms with Gasteiger partial charge in [-0.25, -0.2) is 4.39 Å². The molecule has 1 unspecified atom stereocenters. The van der Waals surface area contributed by atoms with Gasteiger partial charge in [0.2, 0.25) is 0 Å². The molecule has 1 heterocycles. The molecule has 2 rings (SSSR count). The van der Waals surface area contributed by atoms with E-state index in [2.05, 4.69) is 4.98 Å². The van der Waals surface area contributed by atoms with Crippen LogP contribution in [0, 0.1) is 5.82 Å². The molecular weight excluding hydrogens is 245 g/mol. The van der Waals surface area contributed by atoms with E-state index in [1.807, 2.05) is 26.0 Å². The highest BCUT2D eigenvalue weighted by Gasteiger charge is 2.17. The average Bonchev–Trinajstić information content (AvgIpc) is 2.39. The zero-order chi connectivity index (χ0) is 13.8. The third kappa shape index (κ3) is 3.29. The van der Waals surface area contributed by atoms with Crippen LogP contribution in [0.4, 0.5) is 4.39 Å². The van der Waals surface area contributed by atoms with Crippen molar-refractivity contribution in [3.63, 3.8) is 0 Å². The van der Waals surface area contributed by atoms with Crippen molar-refractivity contribution in [1.29, 1.82) is 0 Å². The van der Waals surface area contributed by atoms with Crippen molar-refractivity contribution < 1.29 is 14.2 Å². The highest BCUT2D eigenvalue weighted by molar-refractivity contribution is 5.38. The molecule has 0 aliphatic carbocycles. The SMILES string of the molecule is CC(C)Oc1ccccc1C(O)c1ccc(F)cn1. The van der Waals surface area contributed by atoms with Crippen LogP contribution in [-0.4, -0.2) is 16.2 Å². The van der Waals surface area contributed by atoms with Crippen LogP contribution in [-0.2, 0) is 0 Å². The second-order valence-corrected chi connectivity index (χ2v) is 4.51. The standard InChI is InChI=1S/C15H16FNO2/c1-10(2)19-14-6-4-3-5-12(14)15(18)13-8-7-11(16)9-17-13/h3-10,15,18H,1-2H3. The van der Waals surface area contributed by atoms with Gasteiger partial charge in [0.05, 0.1) is 18.0 Å². The number of para-hydroxylation sites is 1. The Hall–Kier alpha value is -1.94. The van der Waals surface area contributed by atoms with E-state index in [1.165, 1.54) is 12.1 Å². The first-order valence-electron chi connectivity index (χ1n) is 6.13. The topological polar surface area (TPSA) is 42.4 Å². The van der Waals surface area contributed by atoms with Crippen LogP contribution >= 0.6 is 0 Å². The van der Waals surface area contributed by atoms with Gasteiger partial charge in [-0.3, -0.25) is 4.98 Å². The third-order valence-corrected chi connectivity index (χ3v) is 2.61. The maximum atomic E-state index is 12.8. The van der Waals surface area contributed by atoms with Crippen LogP contribution in [0.3, 0.4) is 0 Å². The average molecular weight is 261 g/mol. The molecule has 4 heteroatoms. The summed E-state index contributed by atoms with van der Waals surface area (Å²) in [6, 6.07) is 9.96. The van der Waals surface area contributed by atoms with E-state index in [1.54, 1.807) is 12.1 Å². The molecule has 0 aliphatic heterocycles. The summed E-state index contributed by atoms with van der Waals surface area (Å²) in [6.45, 7) is 3.83. The van der Waals surface area contributed by atoms with Crippen molar-refractivity contribution in [3.05, 3.63) is 59.7 Å². The Labute approximate surface area is 111 Å². The number of aromatic nitrogens is 1. The van der Waals surface area contributed by atoms with E-state index in [0.717, 1.165) is 6.20 Å². The number of aliphatic hydroxyl groups excluding tert-OH is 1. The summed E-state index contributed by atoms with van der Waals surface area (Å²) in [7, 11) is 0. The van der Waals surface area contributed by atoms with Gasteiger partial charge in [-0.1, -0.05) is 18.2 Å². The Morgan fingerprint density at radius 3 is 2.53 bits per heavy atom. The van der Waals surface area contributed by atoms with E-state index in [4.69, 9.17) is 4.74 Å². The molecule has 1 aromatic carbocycles. The number of nitrogens with zero attached hydrogens (tertiary/aromatic N) is 1. The number of rotatable bonds is 4. The fourth-order valence-corrected chi connectivity index (χ4v) is 1.78. The summed E-state index contributed by atoms with van der Waals surface area (Å²) in [5, 5.41) is 10.3. The third-order valence-electron chi connectivity index (χ3n) is 2.61. The number of aliphatic hydroxyl groups is 1. The molecule has 0 amide bonds. The summed E-state index contributed by atoms with van der Waals surface area (Å²) < 4.78 is 18.5. The van der Waals surface area contributed by atoms with Crippen molar-refractivity contribution >= 4 is 0 Å². The monoisotopic (exact) mass is 261 g/mol. The molecule has 0 fully saturated rings. The summed E-state index contributed by atoms with van der Waals surface area (Å²) in [5.41, 5.74) is 1.01. The summed E-state index contributed by atoms with van der Waals surface area (Å²) in [5.74, 6) is 0.179. The van der Waals surface area contributed by atoms with Crippen molar-refractivity contribution in [2.75, 3.05) is 0 Å². The first-order chi connectivity index (χ1) is 9.08. The molecular formula is C15H16FNO2. The Morgan fingerprint density at radius 2 is 1.89 bits per heavy atom. The van der Waals surface area contributed by atoms with E-state index in [-0.39, 0.29) is 6.10 Å². The minimum atomic E-state index is -0.935. The number of pyridine rings is 1. The van der Waals surface area contributed by atoms with Crippen LogP contribution < -0.4 is 4.74 Å². The lowest BCUT2D eigenvalue weighted by Crippen LogP contribution is -2.10. The van der Waals surface area contributed by atoms with Gasteiger partial charge in [-0.05, 0) is 32.0 Å². The summed E-state index contributed by atoms with van der Waals surface area (Å²) in [4.78, 5) is 3.89.